The molecule has 1 aromatic heterocycles. The molecule has 5 heteroatoms. The molecule has 0 spiro atoms. The highest BCUT2D eigenvalue weighted by Gasteiger charge is 2.22. The van der Waals surface area contributed by atoms with E-state index in [2.05, 4.69) is 46.0 Å². The van der Waals surface area contributed by atoms with Gasteiger partial charge in [0.05, 0.1) is 6.54 Å². The zero-order chi connectivity index (χ0) is 15.5. The fraction of sp³-hybridized carbons (Fsp3) is 0.471. The molecule has 0 bridgehead atoms. The first-order valence-corrected chi connectivity index (χ1v) is 7.91. The molecular formula is C17H22N4O. The van der Waals surface area contributed by atoms with E-state index < -0.39 is 0 Å². The summed E-state index contributed by atoms with van der Waals surface area (Å²) >= 11 is 0. The SMILES string of the molecule is CCc1ccc(CCC(=O)N2CCn3c(C)nnc3C2)cc1. The summed E-state index contributed by atoms with van der Waals surface area (Å²) in [4.78, 5) is 14.3. The van der Waals surface area contributed by atoms with E-state index in [-0.39, 0.29) is 5.91 Å². The quantitative estimate of drug-likeness (QED) is 0.869. The molecular weight excluding hydrogens is 276 g/mol. The smallest absolute Gasteiger partial charge is 0.223 e. The predicted octanol–water partition coefficient (Wildman–Crippen LogP) is 2.12. The van der Waals surface area contributed by atoms with Gasteiger partial charge in [0.25, 0.3) is 0 Å². The number of hydrogen-bond acceptors (Lipinski definition) is 3. The van der Waals surface area contributed by atoms with Crippen molar-refractivity contribution in [1.82, 2.24) is 19.7 Å². The number of aryl methyl sites for hydroxylation is 3. The Hall–Kier alpha value is -2.17. The van der Waals surface area contributed by atoms with Crippen molar-refractivity contribution in [3.05, 3.63) is 47.0 Å². The highest BCUT2D eigenvalue weighted by atomic mass is 16.2. The molecule has 0 saturated carbocycles. The summed E-state index contributed by atoms with van der Waals surface area (Å²) in [7, 11) is 0. The second kappa shape index (κ2) is 6.30. The number of carbonyl (C=O) groups is 1. The van der Waals surface area contributed by atoms with Crippen LogP contribution >= 0.6 is 0 Å². The minimum Gasteiger partial charge on any atom is -0.333 e. The number of fused-ring (bicyclic) bond motifs is 1. The van der Waals surface area contributed by atoms with Crippen molar-refractivity contribution in [2.45, 2.75) is 46.2 Å². The van der Waals surface area contributed by atoms with Crippen LogP contribution in [0.1, 0.15) is 36.1 Å². The van der Waals surface area contributed by atoms with Crippen LogP contribution in [0.3, 0.4) is 0 Å². The van der Waals surface area contributed by atoms with E-state index in [0.717, 1.165) is 37.6 Å². The summed E-state index contributed by atoms with van der Waals surface area (Å²) in [6.07, 6.45) is 2.40. The third-order valence-electron chi connectivity index (χ3n) is 4.35. The van der Waals surface area contributed by atoms with E-state index in [9.17, 15) is 4.79 Å². The molecule has 5 nitrogen and oxygen atoms in total. The number of carbonyl (C=O) groups excluding carboxylic acids is 1. The molecule has 1 amide bonds. The van der Waals surface area contributed by atoms with Gasteiger partial charge in [0.2, 0.25) is 5.91 Å². The van der Waals surface area contributed by atoms with Gasteiger partial charge in [-0.1, -0.05) is 31.2 Å². The Morgan fingerprint density at radius 1 is 1.14 bits per heavy atom. The Morgan fingerprint density at radius 3 is 2.59 bits per heavy atom. The Kier molecular flexibility index (Phi) is 4.22. The van der Waals surface area contributed by atoms with E-state index >= 15 is 0 Å². The van der Waals surface area contributed by atoms with Crippen LogP contribution in [-0.4, -0.2) is 32.1 Å². The number of benzene rings is 1. The maximum Gasteiger partial charge on any atom is 0.223 e. The summed E-state index contributed by atoms with van der Waals surface area (Å²) in [6.45, 7) is 6.22. The number of aromatic nitrogens is 3. The molecule has 116 valence electrons. The lowest BCUT2D eigenvalue weighted by molar-refractivity contribution is -0.132. The molecule has 1 aromatic carbocycles. The molecule has 0 unspecified atom stereocenters. The average Bonchev–Trinajstić information content (AvgIpc) is 2.93. The van der Waals surface area contributed by atoms with Gasteiger partial charge in [0, 0.05) is 19.5 Å². The molecule has 0 saturated heterocycles. The Labute approximate surface area is 131 Å². The van der Waals surface area contributed by atoms with Crippen LogP contribution in [0.2, 0.25) is 0 Å². The summed E-state index contributed by atoms with van der Waals surface area (Å²) in [6, 6.07) is 8.54. The van der Waals surface area contributed by atoms with Crippen molar-refractivity contribution in [3.8, 4) is 0 Å². The minimum absolute atomic E-state index is 0.200. The van der Waals surface area contributed by atoms with E-state index in [1.165, 1.54) is 11.1 Å². The van der Waals surface area contributed by atoms with Crippen LogP contribution < -0.4 is 0 Å². The van der Waals surface area contributed by atoms with E-state index in [4.69, 9.17) is 0 Å². The van der Waals surface area contributed by atoms with Gasteiger partial charge < -0.3 is 9.47 Å². The van der Waals surface area contributed by atoms with E-state index in [0.29, 0.717) is 13.0 Å². The Morgan fingerprint density at radius 2 is 1.86 bits per heavy atom. The van der Waals surface area contributed by atoms with Gasteiger partial charge in [-0.2, -0.15) is 0 Å². The zero-order valence-corrected chi connectivity index (χ0v) is 13.2. The maximum absolute atomic E-state index is 12.4. The summed E-state index contributed by atoms with van der Waals surface area (Å²) in [5.41, 5.74) is 2.56. The van der Waals surface area contributed by atoms with Crippen molar-refractivity contribution in [1.29, 1.82) is 0 Å². The molecule has 22 heavy (non-hydrogen) atoms. The third-order valence-corrected chi connectivity index (χ3v) is 4.35. The monoisotopic (exact) mass is 298 g/mol. The van der Waals surface area contributed by atoms with Crippen molar-refractivity contribution >= 4 is 5.91 Å². The first kappa shape index (κ1) is 14.8. The largest absolute Gasteiger partial charge is 0.333 e. The Bertz CT molecular complexity index is 660. The molecule has 0 aliphatic carbocycles. The average molecular weight is 298 g/mol. The summed E-state index contributed by atoms with van der Waals surface area (Å²) in [5, 5.41) is 8.22. The summed E-state index contributed by atoms with van der Waals surface area (Å²) < 4.78 is 2.09. The standard InChI is InChI=1S/C17H22N4O/c1-3-14-4-6-15(7-5-14)8-9-17(22)20-10-11-21-13(2)18-19-16(21)12-20/h4-7H,3,8-12H2,1-2H3. The molecule has 1 aliphatic heterocycles. The molecule has 2 aromatic rings. The highest BCUT2D eigenvalue weighted by molar-refractivity contribution is 5.76. The lowest BCUT2D eigenvalue weighted by Gasteiger charge is -2.27. The number of hydrogen-bond donors (Lipinski definition) is 0. The number of rotatable bonds is 4. The highest BCUT2D eigenvalue weighted by Crippen LogP contribution is 2.14. The van der Waals surface area contributed by atoms with Gasteiger partial charge in [-0.25, -0.2) is 0 Å². The maximum atomic E-state index is 12.4. The van der Waals surface area contributed by atoms with Crippen LogP contribution in [0.15, 0.2) is 24.3 Å². The summed E-state index contributed by atoms with van der Waals surface area (Å²) in [5.74, 6) is 2.02. The molecule has 3 rings (SSSR count). The van der Waals surface area contributed by atoms with Gasteiger partial charge in [0.15, 0.2) is 5.82 Å². The number of nitrogens with zero attached hydrogens (tertiary/aromatic N) is 4. The minimum atomic E-state index is 0.200. The molecule has 2 heterocycles. The third kappa shape index (κ3) is 3.03. The second-order valence-corrected chi connectivity index (χ2v) is 5.80. The van der Waals surface area contributed by atoms with Gasteiger partial charge in [-0.05, 0) is 30.9 Å². The molecule has 0 atom stereocenters. The first-order chi connectivity index (χ1) is 10.7. The van der Waals surface area contributed by atoms with E-state index in [1.807, 2.05) is 11.8 Å². The van der Waals surface area contributed by atoms with Crippen LogP contribution in [0.25, 0.3) is 0 Å². The van der Waals surface area contributed by atoms with Gasteiger partial charge in [-0.15, -0.1) is 10.2 Å². The fourth-order valence-electron chi connectivity index (χ4n) is 2.87. The molecule has 0 fully saturated rings. The molecule has 1 aliphatic rings. The normalized spacial score (nSPS) is 14.0. The van der Waals surface area contributed by atoms with Crippen LogP contribution in [-0.2, 0) is 30.7 Å². The fourth-order valence-corrected chi connectivity index (χ4v) is 2.87. The van der Waals surface area contributed by atoms with Gasteiger partial charge in [-0.3, -0.25) is 4.79 Å². The van der Waals surface area contributed by atoms with Crippen molar-refractivity contribution in [2.75, 3.05) is 6.54 Å². The zero-order valence-electron chi connectivity index (χ0n) is 13.2. The first-order valence-electron chi connectivity index (χ1n) is 7.91. The van der Waals surface area contributed by atoms with Crippen LogP contribution in [0.4, 0.5) is 0 Å². The van der Waals surface area contributed by atoms with Crippen molar-refractivity contribution < 1.29 is 4.79 Å². The Balaban J connectivity index is 1.56. The van der Waals surface area contributed by atoms with Crippen LogP contribution in [0, 0.1) is 6.92 Å². The van der Waals surface area contributed by atoms with E-state index in [1.54, 1.807) is 0 Å². The van der Waals surface area contributed by atoms with Gasteiger partial charge in [0.1, 0.15) is 5.82 Å². The predicted molar refractivity (Wildman–Crippen MR) is 84.3 cm³/mol. The van der Waals surface area contributed by atoms with Crippen molar-refractivity contribution in [3.63, 3.8) is 0 Å². The lowest BCUT2D eigenvalue weighted by atomic mass is 10.1. The lowest BCUT2D eigenvalue weighted by Crippen LogP contribution is -2.38. The molecule has 0 radical (unpaired) electrons. The number of amides is 1. The van der Waals surface area contributed by atoms with Gasteiger partial charge >= 0.3 is 0 Å². The van der Waals surface area contributed by atoms with Crippen molar-refractivity contribution in [2.24, 2.45) is 0 Å². The molecule has 0 N–H and O–H groups in total. The topological polar surface area (TPSA) is 51.0 Å². The van der Waals surface area contributed by atoms with Crippen LogP contribution in [0.5, 0.6) is 0 Å². The second-order valence-electron chi connectivity index (χ2n) is 5.80.